The summed E-state index contributed by atoms with van der Waals surface area (Å²) in [6.07, 6.45) is 3.21. The molecule has 1 N–H and O–H groups in total. The average Bonchev–Trinajstić information content (AvgIpc) is 3.35. The summed E-state index contributed by atoms with van der Waals surface area (Å²) in [5.41, 5.74) is 1.63. The van der Waals surface area contributed by atoms with Crippen molar-refractivity contribution in [2.75, 3.05) is 0 Å². The minimum Gasteiger partial charge on any atom is -0.503 e. The Bertz CT molecular complexity index is 1330. The lowest BCUT2D eigenvalue weighted by molar-refractivity contribution is -0.130. The molecule has 0 spiro atoms. The maximum Gasteiger partial charge on any atom is 0.290 e. The van der Waals surface area contributed by atoms with Crippen molar-refractivity contribution >= 4 is 22.7 Å². The van der Waals surface area contributed by atoms with Crippen LogP contribution in [0.15, 0.2) is 94.9 Å². The predicted molar refractivity (Wildman–Crippen MR) is 114 cm³/mol. The number of hydrogen-bond acceptors (Lipinski definition) is 5. The van der Waals surface area contributed by atoms with E-state index in [0.29, 0.717) is 11.1 Å². The quantitative estimate of drug-likeness (QED) is 0.464. The first kappa shape index (κ1) is 19.7. The van der Waals surface area contributed by atoms with Crippen molar-refractivity contribution in [3.63, 3.8) is 0 Å². The van der Waals surface area contributed by atoms with Crippen molar-refractivity contribution in [1.29, 1.82) is 0 Å². The van der Waals surface area contributed by atoms with Gasteiger partial charge in [-0.3, -0.25) is 14.6 Å². The van der Waals surface area contributed by atoms with Crippen LogP contribution in [0, 0.1) is 5.82 Å². The lowest BCUT2D eigenvalue weighted by Gasteiger charge is -2.26. The van der Waals surface area contributed by atoms with Gasteiger partial charge in [0.15, 0.2) is 11.5 Å². The van der Waals surface area contributed by atoms with E-state index >= 15 is 0 Å². The normalized spacial score (nSPS) is 16.2. The molecule has 2 aromatic heterocycles. The summed E-state index contributed by atoms with van der Waals surface area (Å²) in [5.74, 6) is -2.38. The maximum atomic E-state index is 13.6. The molecule has 158 valence electrons. The second-order valence-electron chi connectivity index (χ2n) is 7.49. The third-order valence-electron chi connectivity index (χ3n) is 5.46. The Morgan fingerprint density at radius 1 is 1.09 bits per heavy atom. The molecule has 0 bridgehead atoms. The fourth-order valence-electron chi connectivity index (χ4n) is 3.96. The maximum absolute atomic E-state index is 13.6. The summed E-state index contributed by atoms with van der Waals surface area (Å²) in [6, 6.07) is 16.8. The molecule has 5 rings (SSSR count). The molecule has 32 heavy (non-hydrogen) atoms. The molecule has 1 aliphatic rings. The zero-order chi connectivity index (χ0) is 22.2. The highest BCUT2D eigenvalue weighted by Gasteiger charge is 2.44. The second-order valence-corrected chi connectivity index (χ2v) is 7.49. The Labute approximate surface area is 182 Å². The lowest BCUT2D eigenvalue weighted by Crippen LogP contribution is -2.30. The number of amides is 1. The Morgan fingerprint density at radius 2 is 1.88 bits per heavy atom. The summed E-state index contributed by atoms with van der Waals surface area (Å²) in [5, 5.41) is 11.5. The number of carbonyl (C=O) groups is 2. The van der Waals surface area contributed by atoms with E-state index in [0.717, 1.165) is 10.9 Å². The first-order valence-corrected chi connectivity index (χ1v) is 9.94. The van der Waals surface area contributed by atoms with Gasteiger partial charge in [-0.15, -0.1) is 0 Å². The second kappa shape index (κ2) is 7.77. The molecule has 0 saturated heterocycles. The van der Waals surface area contributed by atoms with Gasteiger partial charge in [0.1, 0.15) is 11.4 Å². The van der Waals surface area contributed by atoms with Gasteiger partial charge in [0.25, 0.3) is 5.91 Å². The van der Waals surface area contributed by atoms with Gasteiger partial charge in [0, 0.05) is 24.3 Å². The predicted octanol–water partition coefficient (Wildman–Crippen LogP) is 4.75. The van der Waals surface area contributed by atoms with Crippen LogP contribution >= 0.6 is 0 Å². The number of benzene rings is 2. The number of nitrogens with zero attached hydrogens (tertiary/aromatic N) is 2. The van der Waals surface area contributed by atoms with Crippen LogP contribution in [0.2, 0.25) is 0 Å². The number of aliphatic hydroxyl groups is 1. The van der Waals surface area contributed by atoms with Crippen LogP contribution in [-0.4, -0.2) is 26.7 Å². The summed E-state index contributed by atoms with van der Waals surface area (Å²) >= 11 is 0. The van der Waals surface area contributed by atoms with E-state index in [1.165, 1.54) is 29.2 Å². The zero-order valence-electron chi connectivity index (χ0n) is 16.7. The van der Waals surface area contributed by atoms with Crippen LogP contribution in [-0.2, 0) is 11.3 Å². The number of pyridine rings is 1. The molecule has 0 saturated carbocycles. The van der Waals surface area contributed by atoms with Crippen molar-refractivity contribution in [2.45, 2.75) is 12.6 Å². The molecule has 1 aliphatic heterocycles. The molecule has 0 fully saturated rings. The number of aliphatic hydroxyl groups excluding tert-OH is 1. The van der Waals surface area contributed by atoms with E-state index in [4.69, 9.17) is 4.42 Å². The fourth-order valence-corrected chi connectivity index (χ4v) is 3.96. The Balaban J connectivity index is 1.60. The number of Topliss-reactive ketones (excluding diaryl/α,β-unsaturated/α-hetero) is 1. The van der Waals surface area contributed by atoms with E-state index < -0.39 is 29.3 Å². The van der Waals surface area contributed by atoms with Crippen molar-refractivity contribution in [3.05, 3.63) is 113 Å². The first-order chi connectivity index (χ1) is 15.5. The number of aromatic nitrogens is 1. The van der Waals surface area contributed by atoms with Crippen LogP contribution in [0.25, 0.3) is 11.0 Å². The lowest BCUT2D eigenvalue weighted by atomic mass is 9.95. The van der Waals surface area contributed by atoms with Crippen LogP contribution in [0.4, 0.5) is 4.39 Å². The van der Waals surface area contributed by atoms with Crippen LogP contribution < -0.4 is 0 Å². The number of furan rings is 1. The van der Waals surface area contributed by atoms with Gasteiger partial charge in [-0.05, 0) is 41.5 Å². The standard InChI is InChI=1S/C25H17FN2O4/c26-18-9-7-16(8-10-18)22-21(23(29)20-12-17-5-1-2-6-19(17)32-20)24(30)25(31)28(22)14-15-4-3-11-27-13-15/h1-13,22,30H,14H2. The monoisotopic (exact) mass is 428 g/mol. The molecular formula is C25H17FN2O4. The van der Waals surface area contributed by atoms with Gasteiger partial charge in [-0.1, -0.05) is 36.4 Å². The van der Waals surface area contributed by atoms with Crippen LogP contribution in [0.3, 0.4) is 0 Å². The van der Waals surface area contributed by atoms with Gasteiger partial charge < -0.3 is 14.4 Å². The molecule has 4 aromatic rings. The van der Waals surface area contributed by atoms with Gasteiger partial charge in [0.05, 0.1) is 11.6 Å². The Kier molecular flexibility index (Phi) is 4.78. The number of fused-ring (bicyclic) bond motifs is 1. The van der Waals surface area contributed by atoms with E-state index in [1.54, 1.807) is 48.8 Å². The minimum absolute atomic E-state index is 0.0101. The van der Waals surface area contributed by atoms with Crippen LogP contribution in [0.1, 0.15) is 27.7 Å². The number of halogens is 1. The molecule has 6 nitrogen and oxygen atoms in total. The molecule has 0 radical (unpaired) electrons. The number of carbonyl (C=O) groups excluding carboxylic acids is 2. The highest BCUT2D eigenvalue weighted by Crippen LogP contribution is 2.40. The minimum atomic E-state index is -0.913. The van der Waals surface area contributed by atoms with E-state index in [9.17, 15) is 19.1 Å². The van der Waals surface area contributed by atoms with Crippen molar-refractivity contribution < 1.29 is 23.5 Å². The summed E-state index contributed by atoms with van der Waals surface area (Å²) in [6.45, 7) is 0.107. The molecule has 0 aliphatic carbocycles. The molecule has 2 aromatic carbocycles. The summed E-state index contributed by atoms with van der Waals surface area (Å²) in [4.78, 5) is 31.9. The van der Waals surface area contributed by atoms with Gasteiger partial charge in [-0.2, -0.15) is 0 Å². The first-order valence-electron chi connectivity index (χ1n) is 9.94. The van der Waals surface area contributed by atoms with Gasteiger partial charge in [0.2, 0.25) is 5.78 Å². The van der Waals surface area contributed by atoms with Crippen molar-refractivity contribution in [3.8, 4) is 0 Å². The molecule has 3 heterocycles. The average molecular weight is 428 g/mol. The highest BCUT2D eigenvalue weighted by atomic mass is 19.1. The Morgan fingerprint density at radius 3 is 2.59 bits per heavy atom. The number of rotatable bonds is 5. The number of ketones is 1. The molecule has 1 unspecified atom stereocenters. The molecular weight excluding hydrogens is 411 g/mol. The van der Waals surface area contributed by atoms with Crippen molar-refractivity contribution in [1.82, 2.24) is 9.88 Å². The van der Waals surface area contributed by atoms with E-state index in [1.807, 2.05) is 6.07 Å². The molecule has 1 amide bonds. The van der Waals surface area contributed by atoms with Crippen molar-refractivity contribution in [2.24, 2.45) is 0 Å². The zero-order valence-corrected chi connectivity index (χ0v) is 16.7. The molecule has 7 heteroatoms. The smallest absolute Gasteiger partial charge is 0.290 e. The Hall–Kier alpha value is -4.26. The van der Waals surface area contributed by atoms with Gasteiger partial charge >= 0.3 is 0 Å². The number of para-hydroxylation sites is 1. The van der Waals surface area contributed by atoms with Crippen LogP contribution in [0.5, 0.6) is 0 Å². The highest BCUT2D eigenvalue weighted by molar-refractivity contribution is 6.16. The third-order valence-corrected chi connectivity index (χ3v) is 5.46. The fraction of sp³-hybridized carbons (Fsp3) is 0.0800. The third kappa shape index (κ3) is 3.33. The van der Waals surface area contributed by atoms with E-state index in [2.05, 4.69) is 4.98 Å². The summed E-state index contributed by atoms with van der Waals surface area (Å²) in [7, 11) is 0. The van der Waals surface area contributed by atoms with E-state index in [-0.39, 0.29) is 17.9 Å². The van der Waals surface area contributed by atoms with Gasteiger partial charge in [-0.25, -0.2) is 4.39 Å². The number of hydrogen-bond donors (Lipinski definition) is 1. The molecule has 1 atom stereocenters. The SMILES string of the molecule is O=C(C1=C(O)C(=O)N(Cc2cccnc2)C1c1ccc(F)cc1)c1cc2ccccc2o1. The summed E-state index contributed by atoms with van der Waals surface area (Å²) < 4.78 is 19.3. The topological polar surface area (TPSA) is 83.6 Å². The largest absolute Gasteiger partial charge is 0.503 e.